The van der Waals surface area contributed by atoms with Crippen LogP contribution in [-0.4, -0.2) is 19.7 Å². The Hall–Kier alpha value is -1.88. The van der Waals surface area contributed by atoms with Crippen molar-refractivity contribution in [1.82, 2.24) is 19.7 Å². The molecule has 0 amide bonds. The number of nitrogens with one attached hydrogen (secondary N) is 2. The molecule has 0 radical (unpaired) electrons. The van der Waals surface area contributed by atoms with Gasteiger partial charge in [-0.2, -0.15) is 0 Å². The van der Waals surface area contributed by atoms with Crippen LogP contribution in [0.4, 0.5) is 0 Å². The summed E-state index contributed by atoms with van der Waals surface area (Å²) in [6, 6.07) is 8.52. The van der Waals surface area contributed by atoms with Crippen molar-refractivity contribution in [2.75, 3.05) is 0 Å². The van der Waals surface area contributed by atoms with Gasteiger partial charge in [0, 0.05) is 30.6 Å². The van der Waals surface area contributed by atoms with Crippen molar-refractivity contribution in [1.29, 1.82) is 0 Å². The zero-order chi connectivity index (χ0) is 13.2. The molecule has 1 aromatic carbocycles. The maximum Gasteiger partial charge on any atom is 0.213 e. The number of nitrogens with zero attached hydrogens (tertiary/aromatic N) is 2. The number of aryl methyl sites for hydroxylation is 3. The summed E-state index contributed by atoms with van der Waals surface area (Å²) >= 11 is 4.94. The van der Waals surface area contributed by atoms with E-state index in [4.69, 9.17) is 12.2 Å². The second-order valence-corrected chi connectivity index (χ2v) is 5.14. The molecule has 2 aromatic heterocycles. The number of benzene rings is 1. The fraction of sp³-hybridized carbons (Fsp3) is 0.286. The summed E-state index contributed by atoms with van der Waals surface area (Å²) in [5.74, 6) is 0.935. The molecule has 19 heavy (non-hydrogen) atoms. The predicted molar refractivity (Wildman–Crippen MR) is 78.7 cm³/mol. The Balaban J connectivity index is 1.73. The summed E-state index contributed by atoms with van der Waals surface area (Å²) in [4.78, 5) is 4.21. The van der Waals surface area contributed by atoms with Gasteiger partial charge in [0.25, 0.3) is 0 Å². The molecule has 0 aliphatic carbocycles. The quantitative estimate of drug-likeness (QED) is 0.717. The van der Waals surface area contributed by atoms with E-state index in [1.54, 1.807) is 0 Å². The summed E-state index contributed by atoms with van der Waals surface area (Å²) in [7, 11) is 2.09. The smallest absolute Gasteiger partial charge is 0.213 e. The lowest BCUT2D eigenvalue weighted by Gasteiger charge is -1.98. The molecule has 98 valence electrons. The molecule has 0 fully saturated rings. The van der Waals surface area contributed by atoms with Gasteiger partial charge in [-0.3, -0.25) is 10.2 Å². The maximum absolute atomic E-state index is 4.94. The Kier molecular flexibility index (Phi) is 3.21. The van der Waals surface area contributed by atoms with E-state index >= 15 is 0 Å². The molecule has 2 N–H and O–H groups in total. The first-order valence-corrected chi connectivity index (χ1v) is 6.81. The lowest BCUT2D eigenvalue weighted by molar-refractivity contribution is 0.774. The summed E-state index contributed by atoms with van der Waals surface area (Å²) in [6.45, 7) is 0. The maximum atomic E-state index is 4.94. The lowest BCUT2D eigenvalue weighted by atomic mass is 10.1. The second kappa shape index (κ2) is 5.01. The standard InChI is InChI=1S/C14H16N4S/c1-18-9-10(11-6-2-3-7-12(11)18)5-4-8-13-15-14(19)17-16-13/h2-3,6-7,9H,4-5,8H2,1H3,(H2,15,16,17,19). The van der Waals surface area contributed by atoms with Crippen molar-refractivity contribution in [3.05, 3.63) is 46.6 Å². The third-order valence-electron chi connectivity index (χ3n) is 3.39. The highest BCUT2D eigenvalue weighted by atomic mass is 32.1. The van der Waals surface area contributed by atoms with Crippen LogP contribution in [0.15, 0.2) is 30.5 Å². The van der Waals surface area contributed by atoms with Crippen LogP contribution in [0.3, 0.4) is 0 Å². The minimum absolute atomic E-state index is 0.528. The molecule has 0 atom stereocenters. The molecule has 3 aromatic rings. The van der Waals surface area contributed by atoms with Gasteiger partial charge in [0.05, 0.1) is 0 Å². The molecule has 0 saturated heterocycles. The first-order chi connectivity index (χ1) is 9.24. The Morgan fingerprint density at radius 3 is 2.84 bits per heavy atom. The molecule has 0 saturated carbocycles. The van der Waals surface area contributed by atoms with Crippen LogP contribution >= 0.6 is 12.2 Å². The molecule has 3 rings (SSSR count). The average molecular weight is 272 g/mol. The highest BCUT2D eigenvalue weighted by Crippen LogP contribution is 2.21. The minimum Gasteiger partial charge on any atom is -0.350 e. The van der Waals surface area contributed by atoms with E-state index in [-0.39, 0.29) is 0 Å². The highest BCUT2D eigenvalue weighted by Gasteiger charge is 2.06. The van der Waals surface area contributed by atoms with E-state index in [0.717, 1.165) is 25.1 Å². The number of aromatic nitrogens is 4. The van der Waals surface area contributed by atoms with Crippen molar-refractivity contribution >= 4 is 23.1 Å². The molecule has 2 heterocycles. The van der Waals surface area contributed by atoms with E-state index in [2.05, 4.69) is 57.3 Å². The summed E-state index contributed by atoms with van der Waals surface area (Å²) < 4.78 is 2.72. The molecule has 0 unspecified atom stereocenters. The molecule has 0 spiro atoms. The van der Waals surface area contributed by atoms with E-state index < -0.39 is 0 Å². The van der Waals surface area contributed by atoms with E-state index in [9.17, 15) is 0 Å². The van der Waals surface area contributed by atoms with Crippen LogP contribution in [-0.2, 0) is 19.9 Å². The van der Waals surface area contributed by atoms with Crippen molar-refractivity contribution in [3.8, 4) is 0 Å². The van der Waals surface area contributed by atoms with Crippen LogP contribution in [0.25, 0.3) is 10.9 Å². The third-order valence-corrected chi connectivity index (χ3v) is 3.58. The summed E-state index contributed by atoms with van der Waals surface area (Å²) in [5, 5.41) is 7.16. The zero-order valence-corrected chi connectivity index (χ0v) is 11.6. The highest BCUT2D eigenvalue weighted by molar-refractivity contribution is 7.71. The Bertz CT molecular complexity index is 750. The number of H-pyrrole nitrogens is 2. The van der Waals surface area contributed by atoms with Gasteiger partial charge in [0.15, 0.2) is 0 Å². The van der Waals surface area contributed by atoms with Gasteiger partial charge in [-0.15, -0.1) is 0 Å². The third kappa shape index (κ3) is 2.46. The summed E-state index contributed by atoms with van der Waals surface area (Å²) in [6.07, 6.45) is 5.24. The van der Waals surface area contributed by atoms with Crippen molar-refractivity contribution in [3.63, 3.8) is 0 Å². The van der Waals surface area contributed by atoms with Gasteiger partial charge in [0.2, 0.25) is 4.77 Å². The lowest BCUT2D eigenvalue weighted by Crippen LogP contribution is -1.92. The summed E-state index contributed by atoms with van der Waals surface area (Å²) in [5.41, 5.74) is 2.68. The Morgan fingerprint density at radius 2 is 2.05 bits per heavy atom. The van der Waals surface area contributed by atoms with Gasteiger partial charge in [-0.25, -0.2) is 4.98 Å². The van der Waals surface area contributed by atoms with E-state index in [1.807, 2.05) is 0 Å². The molecule has 0 bridgehead atoms. The second-order valence-electron chi connectivity index (χ2n) is 4.75. The van der Waals surface area contributed by atoms with Crippen LogP contribution in [0.5, 0.6) is 0 Å². The fourth-order valence-electron chi connectivity index (χ4n) is 2.49. The first kappa shape index (κ1) is 12.2. The SMILES string of the molecule is Cn1cc(CCCc2nc(=S)[nH][nH]2)c2ccccc21. The van der Waals surface area contributed by atoms with Crippen LogP contribution < -0.4 is 0 Å². The van der Waals surface area contributed by atoms with Crippen molar-refractivity contribution in [2.24, 2.45) is 7.05 Å². The van der Waals surface area contributed by atoms with Crippen molar-refractivity contribution in [2.45, 2.75) is 19.3 Å². The topological polar surface area (TPSA) is 49.4 Å². The molecule has 0 aliphatic heterocycles. The average Bonchev–Trinajstić information content (AvgIpc) is 2.96. The fourth-order valence-corrected chi connectivity index (χ4v) is 2.65. The monoisotopic (exact) mass is 272 g/mol. The van der Waals surface area contributed by atoms with E-state index in [0.29, 0.717) is 4.77 Å². The predicted octanol–water partition coefficient (Wildman–Crippen LogP) is 3.13. The van der Waals surface area contributed by atoms with Gasteiger partial charge in [0.1, 0.15) is 5.82 Å². The molecule has 4 nitrogen and oxygen atoms in total. The van der Waals surface area contributed by atoms with Crippen LogP contribution in [0, 0.1) is 4.77 Å². The largest absolute Gasteiger partial charge is 0.350 e. The molecule has 0 aliphatic rings. The van der Waals surface area contributed by atoms with Crippen LogP contribution in [0.2, 0.25) is 0 Å². The van der Waals surface area contributed by atoms with Crippen LogP contribution in [0.1, 0.15) is 17.8 Å². The first-order valence-electron chi connectivity index (χ1n) is 6.40. The Morgan fingerprint density at radius 1 is 1.21 bits per heavy atom. The van der Waals surface area contributed by atoms with Gasteiger partial charge < -0.3 is 4.57 Å². The normalized spacial score (nSPS) is 11.2. The number of hydrogen-bond acceptors (Lipinski definition) is 2. The molecular formula is C14H16N4S. The zero-order valence-electron chi connectivity index (χ0n) is 10.8. The molecule has 5 heteroatoms. The number of hydrogen-bond donors (Lipinski definition) is 2. The van der Waals surface area contributed by atoms with Crippen molar-refractivity contribution < 1.29 is 0 Å². The number of rotatable bonds is 4. The molecular weight excluding hydrogens is 256 g/mol. The van der Waals surface area contributed by atoms with Gasteiger partial charge >= 0.3 is 0 Å². The number of para-hydroxylation sites is 1. The number of fused-ring (bicyclic) bond motifs is 1. The van der Waals surface area contributed by atoms with Gasteiger partial charge in [-0.1, -0.05) is 18.2 Å². The van der Waals surface area contributed by atoms with Gasteiger partial charge in [-0.05, 0) is 36.7 Å². The minimum atomic E-state index is 0.528. The van der Waals surface area contributed by atoms with E-state index in [1.165, 1.54) is 16.5 Å². The Labute approximate surface area is 116 Å². The number of aromatic amines is 2.